The Hall–Kier alpha value is -2.25. The molecule has 0 N–H and O–H groups in total. The van der Waals surface area contributed by atoms with Crippen LogP contribution in [0.1, 0.15) is 18.5 Å². The maximum atomic E-state index is 14.3. The fourth-order valence-electron chi connectivity index (χ4n) is 2.98. The predicted molar refractivity (Wildman–Crippen MR) is 89.3 cm³/mol. The van der Waals surface area contributed by atoms with Crippen LogP contribution in [0.2, 0.25) is 0 Å². The molecule has 0 spiro atoms. The van der Waals surface area contributed by atoms with E-state index in [4.69, 9.17) is 9.47 Å². The van der Waals surface area contributed by atoms with E-state index in [1.54, 1.807) is 42.2 Å². The Morgan fingerprint density at radius 1 is 1.32 bits per heavy atom. The summed E-state index contributed by atoms with van der Waals surface area (Å²) in [7, 11) is 0. The Labute approximate surface area is 146 Å². The van der Waals surface area contributed by atoms with Crippen molar-refractivity contribution in [1.29, 1.82) is 0 Å². The van der Waals surface area contributed by atoms with E-state index in [0.29, 0.717) is 38.4 Å². The average Bonchev–Trinajstić information content (AvgIpc) is 3.10. The predicted octanol–water partition coefficient (Wildman–Crippen LogP) is 2.03. The molecule has 1 aliphatic rings. The molecule has 0 aliphatic carbocycles. The van der Waals surface area contributed by atoms with Crippen molar-refractivity contribution < 1.29 is 18.7 Å². The van der Waals surface area contributed by atoms with E-state index in [9.17, 15) is 9.18 Å². The zero-order valence-electron chi connectivity index (χ0n) is 14.2. The molecule has 3 rings (SSSR count). The minimum absolute atomic E-state index is 0.334. The summed E-state index contributed by atoms with van der Waals surface area (Å²) in [6, 6.07) is 7.38. The normalized spacial score (nSPS) is 17.8. The van der Waals surface area contributed by atoms with Gasteiger partial charge in [-0.2, -0.15) is 5.10 Å². The maximum Gasteiger partial charge on any atom is 0.328 e. The number of hydrogen-bond donors (Lipinski definition) is 0. The summed E-state index contributed by atoms with van der Waals surface area (Å²) >= 11 is 0. The van der Waals surface area contributed by atoms with Crippen LogP contribution in [0.3, 0.4) is 0 Å². The van der Waals surface area contributed by atoms with Gasteiger partial charge in [-0.05, 0) is 19.1 Å². The van der Waals surface area contributed by atoms with Crippen LogP contribution in [0.15, 0.2) is 42.7 Å². The highest BCUT2D eigenvalue weighted by atomic mass is 19.1. The summed E-state index contributed by atoms with van der Waals surface area (Å²) in [5, 5.41) is 4.11. The van der Waals surface area contributed by atoms with Gasteiger partial charge in [-0.3, -0.25) is 9.58 Å². The van der Waals surface area contributed by atoms with Gasteiger partial charge in [0.15, 0.2) is 0 Å². The lowest BCUT2D eigenvalue weighted by atomic mass is 10.0. The molecule has 0 amide bonds. The van der Waals surface area contributed by atoms with Crippen molar-refractivity contribution in [2.75, 3.05) is 26.3 Å². The minimum Gasteiger partial charge on any atom is -0.459 e. The van der Waals surface area contributed by atoms with E-state index in [-0.39, 0.29) is 6.10 Å². The number of morpholine rings is 1. The third kappa shape index (κ3) is 4.43. The lowest BCUT2D eigenvalue weighted by molar-refractivity contribution is -0.157. The highest BCUT2D eigenvalue weighted by Gasteiger charge is 2.33. The van der Waals surface area contributed by atoms with Gasteiger partial charge in [0, 0.05) is 31.0 Å². The molecule has 1 fully saturated rings. The number of hydrogen-bond acceptors (Lipinski definition) is 5. The average molecular weight is 347 g/mol. The van der Waals surface area contributed by atoms with Crippen molar-refractivity contribution in [3.05, 3.63) is 54.1 Å². The number of carbonyl (C=O) groups excluding carboxylic acids is 1. The second kappa shape index (κ2) is 8.22. The molecule has 0 unspecified atom stereocenters. The third-order valence-electron chi connectivity index (χ3n) is 4.15. The van der Waals surface area contributed by atoms with Crippen LogP contribution in [0.4, 0.5) is 4.39 Å². The van der Waals surface area contributed by atoms with Gasteiger partial charge in [0.25, 0.3) is 0 Å². The number of esters is 1. The standard InChI is InChI=1S/C18H22FN3O3/c1-14(13-22-8-4-7-20-22)25-18(23)17(21-9-11-24-12-10-21)15-5-2-3-6-16(15)19/h2-8,14,17H,9-13H2,1H3/t14-,17-/m0/s1. The molecule has 2 heterocycles. The molecule has 1 saturated heterocycles. The van der Waals surface area contributed by atoms with Gasteiger partial charge in [0.1, 0.15) is 18.0 Å². The van der Waals surface area contributed by atoms with Crippen molar-refractivity contribution in [2.24, 2.45) is 0 Å². The first-order valence-corrected chi connectivity index (χ1v) is 8.39. The van der Waals surface area contributed by atoms with E-state index in [1.165, 1.54) is 6.07 Å². The third-order valence-corrected chi connectivity index (χ3v) is 4.15. The smallest absolute Gasteiger partial charge is 0.328 e. The zero-order valence-corrected chi connectivity index (χ0v) is 14.2. The molecule has 0 radical (unpaired) electrons. The number of nitrogens with zero attached hydrogens (tertiary/aromatic N) is 3. The largest absolute Gasteiger partial charge is 0.459 e. The maximum absolute atomic E-state index is 14.3. The second-order valence-electron chi connectivity index (χ2n) is 6.05. The first kappa shape index (κ1) is 17.6. The molecule has 1 aromatic carbocycles. The molecule has 134 valence electrons. The number of halogens is 1. The Morgan fingerprint density at radius 2 is 2.08 bits per heavy atom. The topological polar surface area (TPSA) is 56.6 Å². The summed E-state index contributed by atoms with van der Waals surface area (Å²) in [6.07, 6.45) is 3.10. The van der Waals surface area contributed by atoms with Crippen LogP contribution < -0.4 is 0 Å². The van der Waals surface area contributed by atoms with E-state index in [0.717, 1.165) is 0 Å². The number of benzene rings is 1. The zero-order chi connectivity index (χ0) is 17.6. The summed E-state index contributed by atoms with van der Waals surface area (Å²) in [5.41, 5.74) is 0.334. The second-order valence-corrected chi connectivity index (χ2v) is 6.05. The Balaban J connectivity index is 1.76. The van der Waals surface area contributed by atoms with Gasteiger partial charge in [-0.15, -0.1) is 0 Å². The molecule has 7 heteroatoms. The van der Waals surface area contributed by atoms with E-state index in [1.807, 2.05) is 11.0 Å². The highest BCUT2D eigenvalue weighted by Crippen LogP contribution is 2.26. The molecule has 0 saturated carbocycles. The number of aromatic nitrogens is 2. The lowest BCUT2D eigenvalue weighted by Gasteiger charge is -2.33. The fourth-order valence-corrected chi connectivity index (χ4v) is 2.98. The molecule has 6 nitrogen and oxygen atoms in total. The van der Waals surface area contributed by atoms with Gasteiger partial charge in [-0.1, -0.05) is 18.2 Å². The van der Waals surface area contributed by atoms with Crippen LogP contribution in [0, 0.1) is 5.82 Å². The molecule has 1 aliphatic heterocycles. The van der Waals surface area contributed by atoms with Gasteiger partial charge in [0.2, 0.25) is 0 Å². The summed E-state index contributed by atoms with van der Waals surface area (Å²) in [6.45, 7) is 4.40. The summed E-state index contributed by atoms with van der Waals surface area (Å²) in [4.78, 5) is 14.7. The van der Waals surface area contributed by atoms with Crippen molar-refractivity contribution in [2.45, 2.75) is 25.6 Å². The monoisotopic (exact) mass is 347 g/mol. The van der Waals surface area contributed by atoms with Crippen LogP contribution >= 0.6 is 0 Å². The van der Waals surface area contributed by atoms with Crippen LogP contribution in [-0.4, -0.2) is 53.1 Å². The molecule has 2 aromatic rings. The van der Waals surface area contributed by atoms with Gasteiger partial charge >= 0.3 is 5.97 Å². The summed E-state index contributed by atoms with van der Waals surface area (Å²) < 4.78 is 27.0. The SMILES string of the molecule is C[C@@H](Cn1cccn1)OC(=O)[C@H](c1ccccc1F)N1CCOCC1. The van der Waals surface area contributed by atoms with E-state index < -0.39 is 17.8 Å². The number of carbonyl (C=O) groups is 1. The van der Waals surface area contributed by atoms with Crippen LogP contribution in [0.25, 0.3) is 0 Å². The fraction of sp³-hybridized carbons (Fsp3) is 0.444. The van der Waals surface area contributed by atoms with Crippen molar-refractivity contribution in [3.63, 3.8) is 0 Å². The Morgan fingerprint density at radius 3 is 2.76 bits per heavy atom. The van der Waals surface area contributed by atoms with E-state index in [2.05, 4.69) is 5.10 Å². The summed E-state index contributed by atoms with van der Waals surface area (Å²) in [5.74, 6) is -0.859. The van der Waals surface area contributed by atoms with Crippen LogP contribution in [0.5, 0.6) is 0 Å². The quantitative estimate of drug-likeness (QED) is 0.749. The van der Waals surface area contributed by atoms with Gasteiger partial charge in [-0.25, -0.2) is 9.18 Å². The van der Waals surface area contributed by atoms with Crippen LogP contribution in [-0.2, 0) is 20.8 Å². The van der Waals surface area contributed by atoms with Crippen molar-refractivity contribution in [3.8, 4) is 0 Å². The Kier molecular flexibility index (Phi) is 5.78. The molecular formula is C18H22FN3O3. The molecule has 25 heavy (non-hydrogen) atoms. The first-order chi connectivity index (χ1) is 12.1. The molecule has 1 aromatic heterocycles. The molecule has 0 bridgehead atoms. The molecular weight excluding hydrogens is 325 g/mol. The van der Waals surface area contributed by atoms with Gasteiger partial charge in [0.05, 0.1) is 19.8 Å². The lowest BCUT2D eigenvalue weighted by Crippen LogP contribution is -2.43. The number of rotatable bonds is 6. The number of ether oxygens (including phenoxy) is 2. The Bertz CT molecular complexity index is 687. The van der Waals surface area contributed by atoms with Crippen molar-refractivity contribution in [1.82, 2.24) is 14.7 Å². The highest BCUT2D eigenvalue weighted by molar-refractivity contribution is 5.78. The van der Waals surface area contributed by atoms with E-state index >= 15 is 0 Å². The molecule has 2 atom stereocenters. The van der Waals surface area contributed by atoms with Crippen molar-refractivity contribution >= 4 is 5.97 Å². The minimum atomic E-state index is -0.773. The first-order valence-electron chi connectivity index (χ1n) is 8.39. The van der Waals surface area contributed by atoms with Gasteiger partial charge < -0.3 is 9.47 Å².